The number of anilines is 1. The van der Waals surface area contributed by atoms with Crippen LogP contribution < -0.4 is 21.2 Å². The van der Waals surface area contributed by atoms with Crippen LogP contribution in [0.15, 0.2) is 101 Å². The number of nitrogens with two attached hydrogens (primary N) is 1. The third kappa shape index (κ3) is 6.43. The average molecular weight is 710 g/mol. The van der Waals surface area contributed by atoms with Crippen LogP contribution in [-0.4, -0.2) is 57.0 Å². The van der Waals surface area contributed by atoms with Crippen LogP contribution >= 0.6 is 0 Å². The van der Waals surface area contributed by atoms with Crippen LogP contribution in [0.2, 0.25) is 0 Å². The number of phenols is 1. The number of nitrogens with zero attached hydrogens (tertiary/aromatic N) is 6. The molecule has 1 aliphatic heterocycles. The van der Waals surface area contributed by atoms with E-state index in [0.717, 1.165) is 11.1 Å². The van der Waals surface area contributed by atoms with Crippen molar-refractivity contribution in [2.24, 2.45) is 0 Å². The molecule has 8 rings (SSSR count). The van der Waals surface area contributed by atoms with Crippen molar-refractivity contribution in [3.8, 4) is 34.1 Å². The van der Waals surface area contributed by atoms with E-state index in [4.69, 9.17) is 14.9 Å². The van der Waals surface area contributed by atoms with Gasteiger partial charge in [0.05, 0.1) is 36.7 Å². The van der Waals surface area contributed by atoms with Gasteiger partial charge in [-0.15, -0.1) is 5.10 Å². The van der Waals surface area contributed by atoms with Crippen LogP contribution in [0.4, 0.5) is 5.95 Å². The first-order chi connectivity index (χ1) is 25.7. The molecule has 2 aliphatic rings. The molecule has 6 aromatic rings. The molecule has 6 N–H and O–H groups in total. The smallest absolute Gasteiger partial charge is 0.337 e. The van der Waals surface area contributed by atoms with Crippen LogP contribution in [0, 0.1) is 0 Å². The molecular weight excluding hydrogens is 682 g/mol. The molecule has 1 amide bonds. The Hall–Kier alpha value is -7.62. The summed E-state index contributed by atoms with van der Waals surface area (Å²) in [5.74, 6) is -1.47. The summed E-state index contributed by atoms with van der Waals surface area (Å²) in [6, 6.07) is 20.9. The quantitative estimate of drug-likeness (QED) is 0.124. The van der Waals surface area contributed by atoms with E-state index < -0.39 is 11.9 Å². The Morgan fingerprint density at radius 2 is 1.81 bits per heavy atom. The number of carbonyl (C=O) groups is 2. The Morgan fingerprint density at radius 1 is 0.981 bits per heavy atom. The Kier molecular flexibility index (Phi) is 8.15. The molecule has 16 heteroatoms. The molecule has 0 radical (unpaired) electrons. The van der Waals surface area contributed by atoms with E-state index in [1.54, 1.807) is 35.1 Å². The number of aromatic amines is 1. The molecular formula is C37H27N9O7. The number of aromatic hydroxyl groups is 1. The van der Waals surface area contributed by atoms with Crippen molar-refractivity contribution in [3.05, 3.63) is 130 Å². The molecule has 3 aromatic heterocycles. The fourth-order valence-electron chi connectivity index (χ4n) is 6.10. The van der Waals surface area contributed by atoms with Crippen molar-refractivity contribution in [1.82, 2.24) is 40.2 Å². The van der Waals surface area contributed by atoms with Crippen molar-refractivity contribution in [2.75, 3.05) is 5.73 Å². The Balaban J connectivity index is 0.973. The minimum atomic E-state index is -1.33. The zero-order chi connectivity index (χ0) is 36.6. The number of phenolic OH excluding ortho intramolecular Hbond substituents is 1. The highest BCUT2D eigenvalue weighted by Gasteiger charge is 2.26. The van der Waals surface area contributed by atoms with Crippen molar-refractivity contribution in [3.63, 3.8) is 0 Å². The van der Waals surface area contributed by atoms with Crippen molar-refractivity contribution >= 4 is 40.0 Å². The standard InChI is InChI=1S/C37H27N9O7/c38-37-42-33-32(40-18-41-33)35(43-37)52-17-20-6-4-19(5-7-20)15-46-16-21(44-45-46)14-39-34(49)27-3-1-2-26(31(27)36(50)51)30-24-10-8-22(47)12-28(24)53-29-13-23(48)9-11-25(29)30/h1-13,16,18,47H,14-15,17H2,(H,39,49)(H,50,51)(H3,38,40,41,42,43). The van der Waals surface area contributed by atoms with Gasteiger partial charge in [-0.2, -0.15) is 9.97 Å². The number of carboxylic acids is 1. The number of hydrogen-bond acceptors (Lipinski definition) is 12. The molecule has 4 heterocycles. The normalized spacial score (nSPS) is 11.3. The summed E-state index contributed by atoms with van der Waals surface area (Å²) < 4.78 is 13.4. The number of fused-ring (bicyclic) bond motifs is 3. The number of H-pyrrole nitrogens is 1. The van der Waals surface area contributed by atoms with Gasteiger partial charge in [0.2, 0.25) is 11.8 Å². The molecule has 0 saturated heterocycles. The van der Waals surface area contributed by atoms with Gasteiger partial charge >= 0.3 is 5.97 Å². The topological polar surface area (TPSA) is 237 Å². The molecule has 0 bridgehead atoms. The lowest BCUT2D eigenvalue weighted by Crippen LogP contribution is -2.25. The first-order valence-electron chi connectivity index (χ1n) is 16.1. The zero-order valence-electron chi connectivity index (χ0n) is 27.5. The molecule has 262 valence electrons. The Morgan fingerprint density at radius 3 is 2.64 bits per heavy atom. The second-order valence-electron chi connectivity index (χ2n) is 12.0. The third-order valence-electron chi connectivity index (χ3n) is 8.50. The number of aromatic carboxylic acids is 1. The fourth-order valence-corrected chi connectivity index (χ4v) is 6.10. The number of amides is 1. The number of ether oxygens (including phenoxy) is 1. The summed E-state index contributed by atoms with van der Waals surface area (Å²) in [6.07, 6.45) is 3.18. The summed E-state index contributed by atoms with van der Waals surface area (Å²) in [4.78, 5) is 53.7. The number of rotatable bonds is 10. The van der Waals surface area contributed by atoms with Gasteiger partial charge in [0.25, 0.3) is 5.91 Å². The van der Waals surface area contributed by atoms with E-state index in [0.29, 0.717) is 45.8 Å². The Labute approximate surface area is 297 Å². The average Bonchev–Trinajstić information content (AvgIpc) is 3.81. The highest BCUT2D eigenvalue weighted by molar-refractivity contribution is 6.13. The molecule has 0 spiro atoms. The highest BCUT2D eigenvalue weighted by atomic mass is 16.5. The molecule has 16 nitrogen and oxygen atoms in total. The van der Waals surface area contributed by atoms with E-state index in [2.05, 4.69) is 35.6 Å². The predicted molar refractivity (Wildman–Crippen MR) is 190 cm³/mol. The van der Waals surface area contributed by atoms with E-state index in [-0.39, 0.29) is 58.3 Å². The van der Waals surface area contributed by atoms with Gasteiger partial charge in [-0.05, 0) is 47.0 Å². The second kappa shape index (κ2) is 13.3. The summed E-state index contributed by atoms with van der Waals surface area (Å²) in [6.45, 7) is 0.629. The fraction of sp³-hybridized carbons (Fsp3) is 0.0811. The van der Waals surface area contributed by atoms with Crippen LogP contribution in [0.5, 0.6) is 11.6 Å². The first kappa shape index (κ1) is 32.6. The van der Waals surface area contributed by atoms with Crippen LogP contribution in [-0.2, 0) is 19.7 Å². The Bertz CT molecular complexity index is 2720. The maximum atomic E-state index is 13.5. The summed E-state index contributed by atoms with van der Waals surface area (Å²) >= 11 is 0. The van der Waals surface area contributed by atoms with Gasteiger partial charge in [0.15, 0.2) is 11.1 Å². The van der Waals surface area contributed by atoms with E-state index in [1.807, 2.05) is 24.3 Å². The molecule has 3 aromatic carbocycles. The number of carbonyl (C=O) groups excluding carboxylic acids is 1. The number of benzene rings is 4. The van der Waals surface area contributed by atoms with Gasteiger partial charge < -0.3 is 35.4 Å². The maximum Gasteiger partial charge on any atom is 0.337 e. The minimum absolute atomic E-state index is 0.0167. The van der Waals surface area contributed by atoms with Gasteiger partial charge in [0, 0.05) is 28.6 Å². The highest BCUT2D eigenvalue weighted by Crippen LogP contribution is 2.42. The molecule has 0 saturated carbocycles. The minimum Gasteiger partial charge on any atom is -0.508 e. The monoisotopic (exact) mass is 709 g/mol. The molecule has 53 heavy (non-hydrogen) atoms. The SMILES string of the molecule is Nc1nc(OCc2ccc(Cn3cc(CNC(=O)c4cccc(-c5c6ccc(=O)cc-6oc6cc(O)ccc56)c4C(=O)O)nn3)cc2)c2[nH]cnc2n1. The largest absolute Gasteiger partial charge is 0.508 e. The summed E-state index contributed by atoms with van der Waals surface area (Å²) in [5.41, 5.74) is 9.76. The number of aromatic nitrogens is 7. The number of hydrogen-bond donors (Lipinski definition) is 5. The van der Waals surface area contributed by atoms with E-state index >= 15 is 0 Å². The molecule has 0 atom stereocenters. The van der Waals surface area contributed by atoms with Crippen molar-refractivity contribution < 1.29 is 29.0 Å². The third-order valence-corrected chi connectivity index (χ3v) is 8.50. The second-order valence-corrected chi connectivity index (χ2v) is 12.0. The molecule has 0 unspecified atom stereocenters. The van der Waals surface area contributed by atoms with E-state index in [9.17, 15) is 24.6 Å². The number of nitrogens with one attached hydrogen (secondary N) is 2. The molecule has 0 fully saturated rings. The predicted octanol–water partition coefficient (Wildman–Crippen LogP) is 4.37. The first-order valence-corrected chi connectivity index (χ1v) is 16.1. The van der Waals surface area contributed by atoms with Gasteiger partial charge in [-0.25, -0.2) is 14.5 Å². The van der Waals surface area contributed by atoms with E-state index in [1.165, 1.54) is 36.7 Å². The van der Waals surface area contributed by atoms with Gasteiger partial charge in [-0.1, -0.05) is 41.6 Å². The zero-order valence-corrected chi connectivity index (χ0v) is 27.5. The summed E-state index contributed by atoms with van der Waals surface area (Å²) in [5, 5.41) is 32.1. The summed E-state index contributed by atoms with van der Waals surface area (Å²) in [7, 11) is 0. The number of carboxylic acid groups (broad SMARTS) is 1. The number of nitrogen functional groups attached to an aromatic ring is 1. The van der Waals surface area contributed by atoms with Crippen molar-refractivity contribution in [1.29, 1.82) is 0 Å². The lowest BCUT2D eigenvalue weighted by molar-refractivity contribution is 0.0691. The maximum absolute atomic E-state index is 13.5. The lowest BCUT2D eigenvalue weighted by atomic mass is 9.88. The van der Waals surface area contributed by atoms with Crippen LogP contribution in [0.3, 0.4) is 0 Å². The lowest BCUT2D eigenvalue weighted by Gasteiger charge is -2.18. The van der Waals surface area contributed by atoms with Crippen molar-refractivity contribution in [2.45, 2.75) is 19.7 Å². The van der Waals surface area contributed by atoms with Crippen LogP contribution in [0.25, 0.3) is 44.6 Å². The van der Waals surface area contributed by atoms with Crippen LogP contribution in [0.1, 0.15) is 37.5 Å². The molecule has 1 aliphatic carbocycles. The number of imidazole rings is 1. The van der Waals surface area contributed by atoms with Gasteiger partial charge in [-0.3, -0.25) is 9.59 Å². The van der Waals surface area contributed by atoms with Gasteiger partial charge in [0.1, 0.15) is 34.9 Å².